The van der Waals surface area contributed by atoms with Crippen molar-refractivity contribution < 1.29 is 35.4 Å². The highest BCUT2D eigenvalue weighted by Crippen LogP contribution is 2.31. The van der Waals surface area contributed by atoms with Gasteiger partial charge in [-0.15, -0.1) is 0 Å². The van der Waals surface area contributed by atoms with Gasteiger partial charge >= 0.3 is 16.6 Å². The minimum absolute atomic E-state index is 0.215. The Morgan fingerprint density at radius 3 is 2.26 bits per heavy atom. The molecule has 31 heavy (non-hydrogen) atoms. The summed E-state index contributed by atoms with van der Waals surface area (Å²) in [5.74, 6) is 0.780. The molecule has 0 saturated heterocycles. The highest BCUT2D eigenvalue weighted by atomic mass is 32.3. The molecule has 0 heterocycles. The molecule has 3 aromatic carbocycles. The lowest BCUT2D eigenvalue weighted by molar-refractivity contribution is -0.137. The molecular formula is C21H22F3NO5S. The minimum atomic E-state index is -4.67. The van der Waals surface area contributed by atoms with E-state index in [1.54, 1.807) is 13.1 Å². The molecule has 0 radical (unpaired) electrons. The second-order valence-corrected chi connectivity index (χ2v) is 7.42. The van der Waals surface area contributed by atoms with Crippen LogP contribution in [0.4, 0.5) is 13.2 Å². The number of rotatable bonds is 6. The topological polar surface area (TPSA) is 95.9 Å². The molecule has 0 saturated carbocycles. The Labute approximate surface area is 178 Å². The molecule has 168 valence electrons. The van der Waals surface area contributed by atoms with E-state index in [2.05, 4.69) is 5.32 Å². The summed E-state index contributed by atoms with van der Waals surface area (Å²) in [7, 11) is -2.93. The number of hydrogen-bond donors (Lipinski definition) is 3. The van der Waals surface area contributed by atoms with Gasteiger partial charge in [0.2, 0.25) is 0 Å². The van der Waals surface area contributed by atoms with Crippen LogP contribution < -0.4 is 10.1 Å². The van der Waals surface area contributed by atoms with Gasteiger partial charge in [0, 0.05) is 17.8 Å². The van der Waals surface area contributed by atoms with E-state index in [-0.39, 0.29) is 6.04 Å². The Balaban J connectivity index is 0.000000614. The maximum absolute atomic E-state index is 12.9. The Kier molecular flexibility index (Phi) is 8.40. The largest absolute Gasteiger partial charge is 0.493 e. The summed E-state index contributed by atoms with van der Waals surface area (Å²) >= 11 is 0. The number of hydrogen-bond acceptors (Lipinski definition) is 4. The number of alkyl halides is 3. The first kappa shape index (κ1) is 24.6. The second kappa shape index (κ2) is 10.6. The lowest BCUT2D eigenvalue weighted by atomic mass is 10.0. The zero-order valence-electron chi connectivity index (χ0n) is 16.5. The van der Waals surface area contributed by atoms with E-state index < -0.39 is 22.1 Å². The van der Waals surface area contributed by atoms with Crippen LogP contribution in [0.15, 0.2) is 66.7 Å². The van der Waals surface area contributed by atoms with Gasteiger partial charge < -0.3 is 10.1 Å². The molecule has 0 spiro atoms. The molecule has 0 fully saturated rings. The van der Waals surface area contributed by atoms with Gasteiger partial charge in [0.15, 0.2) is 0 Å². The van der Waals surface area contributed by atoms with Crippen molar-refractivity contribution in [3.05, 3.63) is 77.9 Å². The molecule has 0 aliphatic carbocycles. The summed E-state index contributed by atoms with van der Waals surface area (Å²) in [6.45, 7) is 0.399. The standard InChI is InChI=1S/C21H20F3NO.H2O4S/c1-25-19(16-8-4-9-17(14-16)21(22,23)24)12-13-26-20-11-5-7-15-6-2-3-10-18(15)20;1-5(2,3)4/h2-11,14,19,25H,12-13H2,1H3;(H2,1,2,3,4). The number of benzene rings is 3. The fourth-order valence-electron chi connectivity index (χ4n) is 3.02. The van der Waals surface area contributed by atoms with Crippen LogP contribution in [0.1, 0.15) is 23.6 Å². The Morgan fingerprint density at radius 1 is 1.00 bits per heavy atom. The number of nitrogens with one attached hydrogen (secondary N) is 1. The third-order valence-corrected chi connectivity index (χ3v) is 4.38. The second-order valence-electron chi connectivity index (χ2n) is 6.53. The van der Waals surface area contributed by atoms with Crippen LogP contribution in [0.25, 0.3) is 10.8 Å². The monoisotopic (exact) mass is 457 g/mol. The predicted molar refractivity (Wildman–Crippen MR) is 111 cm³/mol. The van der Waals surface area contributed by atoms with Crippen LogP contribution in [-0.4, -0.2) is 31.2 Å². The highest BCUT2D eigenvalue weighted by molar-refractivity contribution is 7.79. The SMILES string of the molecule is CNC(CCOc1cccc2ccccc12)c1cccc(C(F)(F)F)c1.O=S(=O)(O)O. The third-order valence-electron chi connectivity index (χ3n) is 4.38. The van der Waals surface area contributed by atoms with Gasteiger partial charge in [0.25, 0.3) is 0 Å². The van der Waals surface area contributed by atoms with E-state index in [1.807, 2.05) is 42.5 Å². The molecule has 0 bridgehead atoms. The lowest BCUT2D eigenvalue weighted by Gasteiger charge is -2.19. The van der Waals surface area contributed by atoms with Crippen molar-refractivity contribution in [2.75, 3.05) is 13.7 Å². The van der Waals surface area contributed by atoms with Gasteiger partial charge in [0.1, 0.15) is 5.75 Å². The average Bonchev–Trinajstić information content (AvgIpc) is 2.69. The van der Waals surface area contributed by atoms with Gasteiger partial charge in [-0.25, -0.2) is 0 Å². The zero-order valence-corrected chi connectivity index (χ0v) is 17.3. The van der Waals surface area contributed by atoms with Crippen molar-refractivity contribution in [2.24, 2.45) is 0 Å². The average molecular weight is 457 g/mol. The fourth-order valence-corrected chi connectivity index (χ4v) is 3.02. The van der Waals surface area contributed by atoms with Crippen molar-refractivity contribution in [3.63, 3.8) is 0 Å². The first-order valence-electron chi connectivity index (χ1n) is 9.14. The van der Waals surface area contributed by atoms with E-state index in [4.69, 9.17) is 22.3 Å². The summed E-state index contributed by atoms with van der Waals surface area (Å²) in [5.41, 5.74) is -0.0333. The summed E-state index contributed by atoms with van der Waals surface area (Å²) in [6.07, 6.45) is -3.78. The Hall–Kier alpha value is -2.66. The maximum Gasteiger partial charge on any atom is 0.416 e. The van der Waals surface area contributed by atoms with Crippen LogP contribution >= 0.6 is 0 Å². The molecule has 3 N–H and O–H groups in total. The molecule has 0 aliphatic heterocycles. The molecule has 3 rings (SSSR count). The van der Waals surface area contributed by atoms with Crippen LogP contribution in [0.2, 0.25) is 0 Å². The quantitative estimate of drug-likeness (QED) is 0.454. The number of ether oxygens (including phenoxy) is 1. The van der Waals surface area contributed by atoms with E-state index in [1.165, 1.54) is 12.1 Å². The van der Waals surface area contributed by atoms with Crippen molar-refractivity contribution in [3.8, 4) is 5.75 Å². The summed E-state index contributed by atoms with van der Waals surface area (Å²) < 4.78 is 76.2. The van der Waals surface area contributed by atoms with Gasteiger partial charge in [-0.2, -0.15) is 21.6 Å². The van der Waals surface area contributed by atoms with E-state index in [0.29, 0.717) is 18.6 Å². The summed E-state index contributed by atoms with van der Waals surface area (Å²) in [5, 5.41) is 5.19. The Morgan fingerprint density at radius 2 is 1.61 bits per heavy atom. The molecular weight excluding hydrogens is 435 g/mol. The van der Waals surface area contributed by atoms with Gasteiger partial charge in [-0.3, -0.25) is 9.11 Å². The molecule has 0 aromatic heterocycles. The first-order chi connectivity index (χ1) is 14.5. The Bertz CT molecular complexity index is 1090. The molecule has 3 aromatic rings. The van der Waals surface area contributed by atoms with Gasteiger partial charge in [-0.1, -0.05) is 48.5 Å². The number of fused-ring (bicyclic) bond motifs is 1. The normalized spacial score (nSPS) is 12.7. The van der Waals surface area contributed by atoms with Crippen molar-refractivity contribution >= 4 is 21.2 Å². The maximum atomic E-state index is 12.9. The molecule has 1 atom stereocenters. The van der Waals surface area contributed by atoms with Gasteiger partial charge in [-0.05, 0) is 36.2 Å². The van der Waals surface area contributed by atoms with Gasteiger partial charge in [0.05, 0.1) is 12.2 Å². The lowest BCUT2D eigenvalue weighted by Crippen LogP contribution is -2.20. The van der Waals surface area contributed by atoms with Crippen molar-refractivity contribution in [1.29, 1.82) is 0 Å². The fraction of sp³-hybridized carbons (Fsp3) is 0.238. The van der Waals surface area contributed by atoms with Crippen LogP contribution in [-0.2, 0) is 16.6 Å². The van der Waals surface area contributed by atoms with Crippen LogP contribution in [0, 0.1) is 0 Å². The van der Waals surface area contributed by atoms with Crippen LogP contribution in [0.3, 0.4) is 0 Å². The highest BCUT2D eigenvalue weighted by Gasteiger charge is 2.30. The van der Waals surface area contributed by atoms with E-state index in [9.17, 15) is 13.2 Å². The zero-order chi connectivity index (χ0) is 23.1. The first-order valence-corrected chi connectivity index (χ1v) is 10.5. The smallest absolute Gasteiger partial charge is 0.416 e. The van der Waals surface area contributed by atoms with Crippen LogP contribution in [0.5, 0.6) is 5.75 Å². The number of halogens is 3. The van der Waals surface area contributed by atoms with Crippen molar-refractivity contribution in [1.82, 2.24) is 5.32 Å². The minimum Gasteiger partial charge on any atom is -0.493 e. The summed E-state index contributed by atoms with van der Waals surface area (Å²) in [4.78, 5) is 0. The van der Waals surface area contributed by atoms with E-state index >= 15 is 0 Å². The third kappa shape index (κ3) is 8.18. The molecule has 0 aliphatic rings. The summed E-state index contributed by atoms with van der Waals surface area (Å²) in [6, 6.07) is 19.0. The molecule has 10 heteroatoms. The molecule has 0 amide bonds. The molecule has 1 unspecified atom stereocenters. The molecule has 6 nitrogen and oxygen atoms in total. The predicted octanol–water partition coefficient (Wildman–Crippen LogP) is 4.94. The van der Waals surface area contributed by atoms with E-state index in [0.717, 1.165) is 22.6 Å². The van der Waals surface area contributed by atoms with Crippen molar-refractivity contribution in [2.45, 2.75) is 18.6 Å².